The topological polar surface area (TPSA) is 51.2 Å². The fourth-order valence-corrected chi connectivity index (χ4v) is 7.74. The number of carbonyl (C=O) groups excluding carboxylic acids is 3. The van der Waals surface area contributed by atoms with Gasteiger partial charge in [-0.3, -0.25) is 14.4 Å². The molecule has 0 saturated carbocycles. The maximum Gasteiger partial charge on any atom is 0.163 e. The Morgan fingerprint density at radius 1 is 0.844 bits per heavy atom. The van der Waals surface area contributed by atoms with Crippen molar-refractivity contribution in [1.29, 1.82) is 0 Å². The van der Waals surface area contributed by atoms with Crippen molar-refractivity contribution in [3.05, 3.63) is 93.5 Å². The van der Waals surface area contributed by atoms with Gasteiger partial charge < -0.3 is 0 Å². The molecule has 45 heavy (non-hydrogen) atoms. The van der Waals surface area contributed by atoms with Crippen LogP contribution in [0.2, 0.25) is 0 Å². The zero-order valence-electron chi connectivity index (χ0n) is 28.6. The molecule has 4 rings (SSSR count). The van der Waals surface area contributed by atoms with Crippen molar-refractivity contribution in [2.24, 2.45) is 17.8 Å². The summed E-state index contributed by atoms with van der Waals surface area (Å²) in [5.41, 5.74) is 11.0. The lowest BCUT2D eigenvalue weighted by Gasteiger charge is -2.33. The van der Waals surface area contributed by atoms with Gasteiger partial charge in [-0.2, -0.15) is 0 Å². The Bertz CT molecular complexity index is 1480. The van der Waals surface area contributed by atoms with E-state index < -0.39 is 0 Å². The summed E-state index contributed by atoms with van der Waals surface area (Å²) in [5.74, 6) is 0.549. The molecular formula is C42H54O3. The zero-order valence-corrected chi connectivity index (χ0v) is 28.6. The van der Waals surface area contributed by atoms with Crippen LogP contribution in [-0.2, 0) is 35.3 Å². The molecule has 1 aliphatic rings. The zero-order chi connectivity index (χ0) is 32.5. The Morgan fingerprint density at radius 2 is 1.53 bits per heavy atom. The second kappa shape index (κ2) is 16.3. The van der Waals surface area contributed by atoms with Crippen molar-refractivity contribution in [2.75, 3.05) is 0 Å². The molecule has 3 aromatic carbocycles. The van der Waals surface area contributed by atoms with Crippen molar-refractivity contribution < 1.29 is 14.4 Å². The van der Waals surface area contributed by atoms with Gasteiger partial charge in [-0.1, -0.05) is 93.8 Å². The number of rotatable bonds is 16. The molecule has 0 aromatic heterocycles. The maximum atomic E-state index is 13.8. The summed E-state index contributed by atoms with van der Waals surface area (Å²) in [7, 11) is 0. The molecule has 0 spiro atoms. The third-order valence-corrected chi connectivity index (χ3v) is 10.1. The van der Waals surface area contributed by atoms with E-state index in [1.165, 1.54) is 45.9 Å². The van der Waals surface area contributed by atoms with E-state index in [1.54, 1.807) is 0 Å². The largest absolute Gasteiger partial charge is 0.300 e. The van der Waals surface area contributed by atoms with Crippen molar-refractivity contribution in [2.45, 2.75) is 119 Å². The first-order valence-corrected chi connectivity index (χ1v) is 17.5. The summed E-state index contributed by atoms with van der Waals surface area (Å²) in [4.78, 5) is 38.6. The summed E-state index contributed by atoms with van der Waals surface area (Å²) in [6.07, 6.45) is 10.4. The second-order valence-corrected chi connectivity index (χ2v) is 13.7. The van der Waals surface area contributed by atoms with Crippen molar-refractivity contribution in [1.82, 2.24) is 0 Å². The minimum Gasteiger partial charge on any atom is -0.300 e. The van der Waals surface area contributed by atoms with Crippen LogP contribution in [0.3, 0.4) is 0 Å². The SMILES string of the molecule is CCCC(CC1CC(=O)c2c(C)ccc(-c3cc(CCCCc4ccc(C)cc4)ccc3CC)c2C1)C(CC)C(=O)CC(C)=O. The number of hydrogen-bond acceptors (Lipinski definition) is 3. The molecule has 3 aromatic rings. The first kappa shape index (κ1) is 34.5. The maximum absolute atomic E-state index is 13.8. The predicted molar refractivity (Wildman–Crippen MR) is 187 cm³/mol. The molecule has 3 unspecified atom stereocenters. The molecule has 0 aliphatic heterocycles. The highest BCUT2D eigenvalue weighted by atomic mass is 16.1. The van der Waals surface area contributed by atoms with Crippen LogP contribution in [0.1, 0.15) is 123 Å². The van der Waals surface area contributed by atoms with Gasteiger partial charge in [0.1, 0.15) is 11.6 Å². The van der Waals surface area contributed by atoms with Gasteiger partial charge in [0.05, 0.1) is 6.42 Å². The van der Waals surface area contributed by atoms with Crippen molar-refractivity contribution >= 4 is 17.3 Å². The van der Waals surface area contributed by atoms with Gasteiger partial charge in [-0.15, -0.1) is 0 Å². The Labute approximate surface area is 272 Å². The summed E-state index contributed by atoms with van der Waals surface area (Å²) in [5, 5.41) is 0. The predicted octanol–water partition coefficient (Wildman–Crippen LogP) is 10.2. The minimum atomic E-state index is -0.114. The first-order chi connectivity index (χ1) is 21.6. The molecule has 0 N–H and O–H groups in total. The highest BCUT2D eigenvalue weighted by molar-refractivity contribution is 6.02. The van der Waals surface area contributed by atoms with Crippen LogP contribution in [0.15, 0.2) is 54.6 Å². The number of fused-ring (bicyclic) bond motifs is 1. The standard InChI is InChI=1S/C42H54O3/c1-7-12-35(36(9-3)40(44)23-30(6)43)24-33-26-39-37(22-17-29(5)42(39)41(45)27-33)38-25-32(20-21-34(38)8-2)14-11-10-13-31-18-15-28(4)16-19-31/h15-22,25,33,35-36H,7-14,23-24,26-27H2,1-6H3. The molecule has 3 heteroatoms. The molecular weight excluding hydrogens is 552 g/mol. The molecule has 0 fully saturated rings. The Balaban J connectivity index is 1.58. The highest BCUT2D eigenvalue weighted by Crippen LogP contribution is 2.41. The average molecular weight is 607 g/mol. The molecule has 0 heterocycles. The van der Waals surface area contributed by atoms with Crippen LogP contribution in [0.5, 0.6) is 0 Å². The van der Waals surface area contributed by atoms with E-state index in [-0.39, 0.29) is 41.5 Å². The van der Waals surface area contributed by atoms with E-state index in [1.807, 2.05) is 0 Å². The number of unbranched alkanes of at least 4 members (excludes halogenated alkanes) is 1. The smallest absolute Gasteiger partial charge is 0.163 e. The van der Waals surface area contributed by atoms with Crippen LogP contribution in [0.4, 0.5) is 0 Å². The van der Waals surface area contributed by atoms with Crippen molar-refractivity contribution in [3.63, 3.8) is 0 Å². The lowest BCUT2D eigenvalue weighted by molar-refractivity contribution is -0.129. The summed E-state index contributed by atoms with van der Waals surface area (Å²) >= 11 is 0. The monoisotopic (exact) mass is 606 g/mol. The lowest BCUT2D eigenvalue weighted by Crippen LogP contribution is -2.30. The van der Waals surface area contributed by atoms with Crippen LogP contribution >= 0.6 is 0 Å². The molecule has 3 nitrogen and oxygen atoms in total. The van der Waals surface area contributed by atoms with Gasteiger partial charge in [-0.25, -0.2) is 0 Å². The van der Waals surface area contributed by atoms with Gasteiger partial charge in [0.25, 0.3) is 0 Å². The fourth-order valence-electron chi connectivity index (χ4n) is 7.74. The average Bonchev–Trinajstić information content (AvgIpc) is 3.00. The van der Waals surface area contributed by atoms with Crippen LogP contribution in [0, 0.1) is 31.6 Å². The highest BCUT2D eigenvalue weighted by Gasteiger charge is 2.34. The van der Waals surface area contributed by atoms with Gasteiger partial charge in [0.2, 0.25) is 0 Å². The minimum absolute atomic E-state index is 0.0244. The summed E-state index contributed by atoms with van der Waals surface area (Å²) < 4.78 is 0. The lowest BCUT2D eigenvalue weighted by atomic mass is 9.71. The third-order valence-electron chi connectivity index (χ3n) is 10.1. The molecule has 1 aliphatic carbocycles. The molecule has 0 bridgehead atoms. The number of hydrogen-bond donors (Lipinski definition) is 0. The van der Waals surface area contributed by atoms with Crippen LogP contribution < -0.4 is 0 Å². The number of aryl methyl sites for hydroxylation is 5. The molecule has 0 amide bonds. The van der Waals surface area contributed by atoms with E-state index in [0.29, 0.717) is 6.42 Å². The molecule has 0 saturated heterocycles. The van der Waals surface area contributed by atoms with E-state index in [9.17, 15) is 14.4 Å². The van der Waals surface area contributed by atoms with Crippen molar-refractivity contribution in [3.8, 4) is 11.1 Å². The summed E-state index contributed by atoms with van der Waals surface area (Å²) in [6.45, 7) is 12.2. The van der Waals surface area contributed by atoms with E-state index in [4.69, 9.17) is 0 Å². The molecule has 0 radical (unpaired) electrons. The molecule has 3 atom stereocenters. The normalized spacial score (nSPS) is 15.9. The first-order valence-electron chi connectivity index (χ1n) is 17.5. The summed E-state index contributed by atoms with van der Waals surface area (Å²) in [6, 6.07) is 20.2. The van der Waals surface area contributed by atoms with Crippen LogP contribution in [0.25, 0.3) is 11.1 Å². The Morgan fingerprint density at radius 3 is 2.18 bits per heavy atom. The number of ketones is 3. The van der Waals surface area contributed by atoms with Gasteiger partial charge in [-0.05, 0) is 123 Å². The van der Waals surface area contributed by atoms with E-state index >= 15 is 0 Å². The van der Waals surface area contributed by atoms with E-state index in [2.05, 4.69) is 89.2 Å². The van der Waals surface area contributed by atoms with Gasteiger partial charge in [0, 0.05) is 17.9 Å². The third kappa shape index (κ3) is 8.90. The van der Waals surface area contributed by atoms with Crippen LogP contribution in [-0.4, -0.2) is 17.3 Å². The quantitative estimate of drug-likeness (QED) is 0.120. The van der Waals surface area contributed by atoms with Gasteiger partial charge in [0.15, 0.2) is 5.78 Å². The van der Waals surface area contributed by atoms with E-state index in [0.717, 1.165) is 75.3 Å². The number of benzene rings is 3. The second-order valence-electron chi connectivity index (χ2n) is 13.7. The number of carbonyl (C=O) groups is 3. The van der Waals surface area contributed by atoms with Gasteiger partial charge >= 0.3 is 0 Å². The Kier molecular flexibility index (Phi) is 12.5. The fraction of sp³-hybridized carbons (Fsp3) is 0.500. The molecule has 240 valence electrons. The Hall–Kier alpha value is -3.33. The number of Topliss-reactive ketones (excluding diaryl/α,β-unsaturated/α-hetero) is 3.